The first-order chi connectivity index (χ1) is 16.9. The zero-order chi connectivity index (χ0) is 24.9. The van der Waals surface area contributed by atoms with Crippen LogP contribution in [-0.4, -0.2) is 25.0 Å². The van der Waals surface area contributed by atoms with Crippen LogP contribution >= 0.6 is 11.6 Å². The van der Waals surface area contributed by atoms with Crippen molar-refractivity contribution in [2.24, 2.45) is 0 Å². The molecule has 4 aromatic rings. The van der Waals surface area contributed by atoms with E-state index in [1.165, 1.54) is 13.2 Å². The maximum absolute atomic E-state index is 13.3. The summed E-state index contributed by atoms with van der Waals surface area (Å²) in [5.74, 6) is -0.875. The van der Waals surface area contributed by atoms with Crippen LogP contribution in [0, 0.1) is 6.92 Å². The van der Waals surface area contributed by atoms with E-state index in [4.69, 9.17) is 20.8 Å². The van der Waals surface area contributed by atoms with Crippen LogP contribution in [0.15, 0.2) is 82.0 Å². The third-order valence-corrected chi connectivity index (χ3v) is 5.87. The van der Waals surface area contributed by atoms with E-state index in [1.54, 1.807) is 24.3 Å². The van der Waals surface area contributed by atoms with Crippen molar-refractivity contribution in [3.05, 3.63) is 105 Å². The minimum absolute atomic E-state index is 0.0808. The quantitative estimate of drug-likeness (QED) is 0.390. The van der Waals surface area contributed by atoms with Gasteiger partial charge in [-0.15, -0.1) is 0 Å². The van der Waals surface area contributed by atoms with Crippen LogP contribution in [-0.2, 0) is 11.2 Å². The Hall–Kier alpha value is -4.10. The van der Waals surface area contributed by atoms with E-state index in [-0.39, 0.29) is 28.7 Å². The summed E-state index contributed by atoms with van der Waals surface area (Å²) >= 11 is 6.25. The molecule has 2 amide bonds. The standard InChI is InChI=1S/C27H23ClN2O5/c1-16-8-10-18(11-9-16)24(31)30-22(14-17-6-4-3-5-7-17)25(32)29-19-12-13-20-21(15-19)26(33)35-27(34-2)23(20)28/h3-13,15,22H,14H2,1-2H3,(H,29,32)(H,30,31)/t22-/m0/s1. The van der Waals surface area contributed by atoms with E-state index in [0.717, 1.165) is 11.1 Å². The Morgan fingerprint density at radius 3 is 2.40 bits per heavy atom. The van der Waals surface area contributed by atoms with Gasteiger partial charge in [-0.3, -0.25) is 9.59 Å². The molecular formula is C27H23ClN2O5. The summed E-state index contributed by atoms with van der Waals surface area (Å²) in [4.78, 5) is 38.5. The van der Waals surface area contributed by atoms with E-state index in [2.05, 4.69) is 10.6 Å². The highest BCUT2D eigenvalue weighted by molar-refractivity contribution is 6.36. The molecule has 35 heavy (non-hydrogen) atoms. The lowest BCUT2D eigenvalue weighted by atomic mass is 10.0. The number of aryl methyl sites for hydroxylation is 1. The molecule has 0 fully saturated rings. The number of fused-ring (bicyclic) bond motifs is 1. The molecule has 0 radical (unpaired) electrons. The van der Waals surface area contributed by atoms with Crippen molar-refractivity contribution >= 4 is 39.9 Å². The fourth-order valence-electron chi connectivity index (χ4n) is 3.64. The fourth-order valence-corrected chi connectivity index (χ4v) is 3.92. The largest absolute Gasteiger partial charge is 0.467 e. The average Bonchev–Trinajstić information content (AvgIpc) is 2.86. The Balaban J connectivity index is 1.60. The van der Waals surface area contributed by atoms with Crippen molar-refractivity contribution in [1.82, 2.24) is 5.32 Å². The SMILES string of the molecule is COc1oc(=O)c2cc(NC(=O)[C@H](Cc3ccccc3)NC(=O)c3ccc(C)cc3)ccc2c1Cl. The zero-order valence-electron chi connectivity index (χ0n) is 19.1. The van der Waals surface area contributed by atoms with Crippen molar-refractivity contribution in [2.45, 2.75) is 19.4 Å². The molecule has 7 nitrogen and oxygen atoms in total. The van der Waals surface area contributed by atoms with Gasteiger partial charge >= 0.3 is 11.6 Å². The van der Waals surface area contributed by atoms with Crippen LogP contribution < -0.4 is 21.0 Å². The minimum atomic E-state index is -0.863. The fraction of sp³-hybridized carbons (Fsp3) is 0.148. The summed E-state index contributed by atoms with van der Waals surface area (Å²) in [7, 11) is 1.35. The highest BCUT2D eigenvalue weighted by atomic mass is 35.5. The van der Waals surface area contributed by atoms with Crippen LogP contribution in [0.4, 0.5) is 5.69 Å². The molecule has 4 rings (SSSR count). The highest BCUT2D eigenvalue weighted by Crippen LogP contribution is 2.31. The van der Waals surface area contributed by atoms with Crippen molar-refractivity contribution in [3.63, 3.8) is 0 Å². The van der Waals surface area contributed by atoms with Crippen LogP contribution in [0.3, 0.4) is 0 Å². The molecule has 1 heterocycles. The van der Waals surface area contributed by atoms with Gasteiger partial charge in [0.25, 0.3) is 5.91 Å². The van der Waals surface area contributed by atoms with E-state index in [9.17, 15) is 14.4 Å². The van der Waals surface area contributed by atoms with Crippen molar-refractivity contribution in [2.75, 3.05) is 12.4 Å². The second kappa shape index (κ2) is 10.4. The van der Waals surface area contributed by atoms with Gasteiger partial charge in [0.15, 0.2) is 0 Å². The van der Waals surface area contributed by atoms with E-state index < -0.39 is 17.6 Å². The molecule has 2 N–H and O–H groups in total. The molecule has 1 aromatic heterocycles. The maximum Gasteiger partial charge on any atom is 0.346 e. The third kappa shape index (κ3) is 5.53. The van der Waals surface area contributed by atoms with Gasteiger partial charge in [-0.1, -0.05) is 65.7 Å². The molecule has 0 bridgehead atoms. The molecule has 8 heteroatoms. The molecule has 0 aliphatic rings. The number of hydrogen-bond acceptors (Lipinski definition) is 5. The summed E-state index contributed by atoms with van der Waals surface area (Å²) in [6.07, 6.45) is 0.281. The van der Waals surface area contributed by atoms with Gasteiger partial charge in [0, 0.05) is 23.1 Å². The first-order valence-electron chi connectivity index (χ1n) is 10.9. The van der Waals surface area contributed by atoms with Crippen LogP contribution in [0.1, 0.15) is 21.5 Å². The number of carbonyl (C=O) groups excluding carboxylic acids is 2. The first kappa shape index (κ1) is 24.0. The normalized spacial score (nSPS) is 11.6. The Kier molecular flexibility index (Phi) is 7.17. The second-order valence-corrected chi connectivity index (χ2v) is 8.40. The van der Waals surface area contributed by atoms with Crippen LogP contribution in [0.5, 0.6) is 5.95 Å². The molecule has 0 spiro atoms. The van der Waals surface area contributed by atoms with Gasteiger partial charge in [0.2, 0.25) is 5.91 Å². The molecule has 0 saturated carbocycles. The number of nitrogens with one attached hydrogen (secondary N) is 2. The van der Waals surface area contributed by atoms with Crippen molar-refractivity contribution in [3.8, 4) is 5.95 Å². The molecule has 0 saturated heterocycles. The minimum Gasteiger partial charge on any atom is -0.467 e. The third-order valence-electron chi connectivity index (χ3n) is 5.51. The zero-order valence-corrected chi connectivity index (χ0v) is 19.9. The molecule has 1 atom stereocenters. The smallest absolute Gasteiger partial charge is 0.346 e. The van der Waals surface area contributed by atoms with Gasteiger partial charge in [0.05, 0.1) is 12.5 Å². The number of halogens is 1. The van der Waals surface area contributed by atoms with Gasteiger partial charge in [-0.05, 0) is 36.8 Å². The van der Waals surface area contributed by atoms with Gasteiger partial charge < -0.3 is 19.8 Å². The number of ether oxygens (including phenoxy) is 1. The monoisotopic (exact) mass is 490 g/mol. The molecule has 0 unspecified atom stereocenters. The Labute approximate surface area is 206 Å². The summed E-state index contributed by atoms with van der Waals surface area (Å²) in [6.45, 7) is 1.93. The number of amides is 2. The molecule has 178 valence electrons. The lowest BCUT2D eigenvalue weighted by Gasteiger charge is -2.19. The number of benzene rings is 3. The summed E-state index contributed by atoms with van der Waals surface area (Å²) < 4.78 is 10.1. The molecule has 3 aromatic carbocycles. The number of hydrogen-bond donors (Lipinski definition) is 2. The number of carbonyl (C=O) groups is 2. The maximum atomic E-state index is 13.3. The Morgan fingerprint density at radius 1 is 1.00 bits per heavy atom. The number of methoxy groups -OCH3 is 1. The highest BCUT2D eigenvalue weighted by Gasteiger charge is 2.23. The van der Waals surface area contributed by atoms with E-state index >= 15 is 0 Å². The molecule has 0 aliphatic heterocycles. The Bertz CT molecular complexity index is 1430. The van der Waals surface area contributed by atoms with E-state index in [1.807, 2.05) is 49.4 Å². The second-order valence-electron chi connectivity index (χ2n) is 8.03. The summed E-state index contributed by atoms with van der Waals surface area (Å²) in [5.41, 5.74) is 2.08. The Morgan fingerprint density at radius 2 is 1.71 bits per heavy atom. The van der Waals surface area contributed by atoms with E-state index in [0.29, 0.717) is 16.6 Å². The molecule has 0 aliphatic carbocycles. The van der Waals surface area contributed by atoms with Gasteiger partial charge in [0.1, 0.15) is 11.1 Å². The number of anilines is 1. The predicted octanol–water partition coefficient (Wildman–Crippen LogP) is 4.74. The lowest BCUT2D eigenvalue weighted by molar-refractivity contribution is -0.118. The van der Waals surface area contributed by atoms with Gasteiger partial charge in [-0.25, -0.2) is 4.79 Å². The lowest BCUT2D eigenvalue weighted by Crippen LogP contribution is -2.45. The van der Waals surface area contributed by atoms with Crippen molar-refractivity contribution in [1.29, 1.82) is 0 Å². The van der Waals surface area contributed by atoms with Gasteiger partial charge in [-0.2, -0.15) is 0 Å². The topological polar surface area (TPSA) is 97.6 Å². The average molecular weight is 491 g/mol. The summed E-state index contributed by atoms with van der Waals surface area (Å²) in [6, 6.07) is 20.3. The predicted molar refractivity (Wildman–Crippen MR) is 135 cm³/mol. The van der Waals surface area contributed by atoms with Crippen LogP contribution in [0.2, 0.25) is 5.02 Å². The first-order valence-corrected chi connectivity index (χ1v) is 11.3. The summed E-state index contributed by atoms with van der Waals surface area (Å²) in [5, 5.41) is 6.40. The van der Waals surface area contributed by atoms with Crippen molar-refractivity contribution < 1.29 is 18.7 Å². The van der Waals surface area contributed by atoms with Crippen LogP contribution in [0.25, 0.3) is 10.8 Å². The molecular weight excluding hydrogens is 468 g/mol. The number of rotatable bonds is 7.